The van der Waals surface area contributed by atoms with E-state index in [1.807, 2.05) is 0 Å². The highest BCUT2D eigenvalue weighted by atomic mass is 14.7. The van der Waals surface area contributed by atoms with Gasteiger partial charge in [0.15, 0.2) is 0 Å². The molecular formula is C19H23N. The van der Waals surface area contributed by atoms with Crippen LogP contribution in [0.4, 0.5) is 0 Å². The quantitative estimate of drug-likeness (QED) is 0.713. The van der Waals surface area contributed by atoms with Gasteiger partial charge in [-0.15, -0.1) is 0 Å². The maximum absolute atomic E-state index is 4.67. The second kappa shape index (κ2) is 5.78. The monoisotopic (exact) mass is 265 g/mol. The highest BCUT2D eigenvalue weighted by Crippen LogP contribution is 2.35. The Hall–Kier alpha value is -1.63. The van der Waals surface area contributed by atoms with Gasteiger partial charge in [-0.2, -0.15) is 0 Å². The Labute approximate surface area is 122 Å². The van der Waals surface area contributed by atoms with Crippen LogP contribution in [0.25, 0.3) is 11.3 Å². The van der Waals surface area contributed by atoms with E-state index in [0.29, 0.717) is 0 Å². The van der Waals surface area contributed by atoms with Crippen LogP contribution in [0, 0.1) is 12.8 Å². The summed E-state index contributed by atoms with van der Waals surface area (Å²) in [6, 6.07) is 13.1. The normalized spacial score (nSPS) is 22.7. The molecule has 1 heteroatoms. The largest absolute Gasteiger partial charge is 0.256 e. The summed E-state index contributed by atoms with van der Waals surface area (Å²) in [6.45, 7) is 4.49. The second-order valence-corrected chi connectivity index (χ2v) is 6.30. The maximum atomic E-state index is 4.67. The Morgan fingerprint density at radius 3 is 2.20 bits per heavy atom. The van der Waals surface area contributed by atoms with Gasteiger partial charge >= 0.3 is 0 Å². The Balaban J connectivity index is 1.76. The average molecular weight is 265 g/mol. The number of rotatable bonds is 2. The molecule has 1 aliphatic carbocycles. The molecule has 0 atom stereocenters. The molecule has 1 aromatic carbocycles. The van der Waals surface area contributed by atoms with Crippen molar-refractivity contribution < 1.29 is 0 Å². The Kier molecular flexibility index (Phi) is 3.86. The van der Waals surface area contributed by atoms with E-state index in [0.717, 1.165) is 17.5 Å². The van der Waals surface area contributed by atoms with Crippen LogP contribution in [0.15, 0.2) is 42.6 Å². The van der Waals surface area contributed by atoms with Gasteiger partial charge in [-0.25, -0.2) is 0 Å². The van der Waals surface area contributed by atoms with Crippen molar-refractivity contribution in [1.82, 2.24) is 4.98 Å². The number of nitrogens with zero attached hydrogens (tertiary/aromatic N) is 1. The predicted molar refractivity (Wildman–Crippen MR) is 84.8 cm³/mol. The molecule has 0 unspecified atom stereocenters. The topological polar surface area (TPSA) is 12.9 Å². The first-order valence-corrected chi connectivity index (χ1v) is 7.75. The molecule has 1 fully saturated rings. The van der Waals surface area contributed by atoms with E-state index in [2.05, 4.69) is 61.4 Å². The van der Waals surface area contributed by atoms with Crippen LogP contribution in [0.2, 0.25) is 0 Å². The lowest BCUT2D eigenvalue weighted by Crippen LogP contribution is -2.10. The number of benzene rings is 1. The molecule has 20 heavy (non-hydrogen) atoms. The standard InChI is InChI=1S/C19H23N/c1-14-3-7-16(8-4-14)18-11-12-19(20-13-18)17-9-5-15(2)6-10-17/h5-6,9-14,16H,3-4,7-8H2,1-2H3. The first-order chi connectivity index (χ1) is 9.72. The van der Waals surface area contributed by atoms with Gasteiger partial charge < -0.3 is 0 Å². The molecule has 0 aliphatic heterocycles. The van der Waals surface area contributed by atoms with E-state index in [9.17, 15) is 0 Å². The summed E-state index contributed by atoms with van der Waals surface area (Å²) in [4.78, 5) is 4.67. The van der Waals surface area contributed by atoms with Crippen molar-refractivity contribution in [2.75, 3.05) is 0 Å². The van der Waals surface area contributed by atoms with Crippen molar-refractivity contribution in [2.45, 2.75) is 45.4 Å². The summed E-state index contributed by atoms with van der Waals surface area (Å²) in [5.41, 5.74) is 5.01. The summed E-state index contributed by atoms with van der Waals surface area (Å²) in [5, 5.41) is 0. The minimum absolute atomic E-state index is 0.728. The number of aryl methyl sites for hydroxylation is 1. The van der Waals surface area contributed by atoms with E-state index in [-0.39, 0.29) is 0 Å². The molecule has 1 heterocycles. The lowest BCUT2D eigenvalue weighted by Gasteiger charge is -2.26. The predicted octanol–water partition coefficient (Wildman–Crippen LogP) is 5.35. The van der Waals surface area contributed by atoms with Crippen molar-refractivity contribution in [3.63, 3.8) is 0 Å². The van der Waals surface area contributed by atoms with Crippen molar-refractivity contribution in [1.29, 1.82) is 0 Å². The fraction of sp³-hybridized carbons (Fsp3) is 0.421. The van der Waals surface area contributed by atoms with Gasteiger partial charge in [0, 0.05) is 11.8 Å². The molecule has 0 amide bonds. The minimum atomic E-state index is 0.728. The molecule has 0 N–H and O–H groups in total. The van der Waals surface area contributed by atoms with Crippen molar-refractivity contribution in [3.8, 4) is 11.3 Å². The van der Waals surface area contributed by atoms with Gasteiger partial charge in [0.25, 0.3) is 0 Å². The zero-order chi connectivity index (χ0) is 13.9. The molecule has 1 saturated carbocycles. The zero-order valence-corrected chi connectivity index (χ0v) is 12.5. The molecule has 2 aromatic rings. The lowest BCUT2D eigenvalue weighted by atomic mass is 9.80. The van der Waals surface area contributed by atoms with Crippen LogP contribution in [-0.4, -0.2) is 4.98 Å². The van der Waals surface area contributed by atoms with Crippen LogP contribution in [0.3, 0.4) is 0 Å². The summed E-state index contributed by atoms with van der Waals surface area (Å²) < 4.78 is 0. The third kappa shape index (κ3) is 2.92. The van der Waals surface area contributed by atoms with E-state index in [4.69, 9.17) is 0 Å². The lowest BCUT2D eigenvalue weighted by molar-refractivity contribution is 0.347. The molecule has 104 valence electrons. The second-order valence-electron chi connectivity index (χ2n) is 6.30. The van der Waals surface area contributed by atoms with E-state index in [1.54, 1.807) is 0 Å². The van der Waals surface area contributed by atoms with Gasteiger partial charge in [-0.05, 0) is 43.2 Å². The molecule has 1 nitrogen and oxygen atoms in total. The fourth-order valence-corrected chi connectivity index (χ4v) is 3.14. The van der Waals surface area contributed by atoms with Crippen LogP contribution >= 0.6 is 0 Å². The van der Waals surface area contributed by atoms with Gasteiger partial charge in [0.1, 0.15) is 0 Å². The molecule has 0 saturated heterocycles. The Bertz CT molecular complexity index is 545. The van der Waals surface area contributed by atoms with E-state index < -0.39 is 0 Å². The van der Waals surface area contributed by atoms with Crippen LogP contribution < -0.4 is 0 Å². The highest BCUT2D eigenvalue weighted by Gasteiger charge is 2.19. The third-order valence-corrected chi connectivity index (χ3v) is 4.62. The van der Waals surface area contributed by atoms with Gasteiger partial charge in [0.05, 0.1) is 5.69 Å². The highest BCUT2D eigenvalue weighted by molar-refractivity contribution is 5.59. The summed E-state index contributed by atoms with van der Waals surface area (Å²) in [7, 11) is 0. The first-order valence-electron chi connectivity index (χ1n) is 7.75. The van der Waals surface area contributed by atoms with Crippen molar-refractivity contribution >= 4 is 0 Å². The van der Waals surface area contributed by atoms with Crippen molar-refractivity contribution in [3.05, 3.63) is 53.7 Å². The fourth-order valence-electron chi connectivity index (χ4n) is 3.14. The zero-order valence-electron chi connectivity index (χ0n) is 12.5. The minimum Gasteiger partial charge on any atom is -0.256 e. The summed E-state index contributed by atoms with van der Waals surface area (Å²) >= 11 is 0. The maximum Gasteiger partial charge on any atom is 0.0702 e. The molecule has 0 radical (unpaired) electrons. The molecule has 0 spiro atoms. The average Bonchev–Trinajstić information content (AvgIpc) is 2.49. The van der Waals surface area contributed by atoms with Gasteiger partial charge in [-0.3, -0.25) is 4.98 Å². The summed E-state index contributed by atoms with van der Waals surface area (Å²) in [5.74, 6) is 1.64. The Morgan fingerprint density at radius 2 is 1.60 bits per heavy atom. The molecule has 3 rings (SSSR count). The van der Waals surface area contributed by atoms with Gasteiger partial charge in [0.2, 0.25) is 0 Å². The number of pyridine rings is 1. The van der Waals surface area contributed by atoms with Crippen LogP contribution in [-0.2, 0) is 0 Å². The molecule has 1 aromatic heterocycles. The van der Waals surface area contributed by atoms with Crippen LogP contribution in [0.1, 0.15) is 49.7 Å². The molecule has 0 bridgehead atoms. The Morgan fingerprint density at radius 1 is 0.900 bits per heavy atom. The molecular weight excluding hydrogens is 242 g/mol. The van der Waals surface area contributed by atoms with Crippen molar-refractivity contribution in [2.24, 2.45) is 5.92 Å². The number of aromatic nitrogens is 1. The number of hydrogen-bond acceptors (Lipinski definition) is 1. The SMILES string of the molecule is Cc1ccc(-c2ccc(C3CCC(C)CC3)cn2)cc1. The van der Waals surface area contributed by atoms with Crippen LogP contribution in [0.5, 0.6) is 0 Å². The summed E-state index contributed by atoms with van der Waals surface area (Å²) in [6.07, 6.45) is 7.48. The van der Waals surface area contributed by atoms with E-state index >= 15 is 0 Å². The number of hydrogen-bond donors (Lipinski definition) is 0. The first kappa shape index (κ1) is 13.4. The van der Waals surface area contributed by atoms with E-state index in [1.165, 1.54) is 42.4 Å². The molecule has 1 aliphatic rings. The smallest absolute Gasteiger partial charge is 0.0702 e. The third-order valence-electron chi connectivity index (χ3n) is 4.62. The van der Waals surface area contributed by atoms with Gasteiger partial charge in [-0.1, -0.05) is 55.7 Å².